The Labute approximate surface area is 377 Å². The van der Waals surface area contributed by atoms with Crippen molar-refractivity contribution >= 4 is 25.7 Å². The molecule has 0 aromatic heterocycles. The number of esters is 2. The van der Waals surface area contributed by atoms with Crippen LogP contribution in [0.3, 0.4) is 0 Å². The lowest BCUT2D eigenvalue weighted by molar-refractivity contribution is -0.161. The zero-order valence-corrected chi connectivity index (χ0v) is 40.1. The van der Waals surface area contributed by atoms with Gasteiger partial charge in [-0.1, -0.05) is 184 Å². The maximum absolute atomic E-state index is 12.6. The lowest BCUT2D eigenvalue weighted by Crippen LogP contribution is -2.34. The number of phosphoric ester groups is 1. The van der Waals surface area contributed by atoms with Crippen LogP contribution in [0.1, 0.15) is 219 Å². The summed E-state index contributed by atoms with van der Waals surface area (Å²) in [5.41, 5.74) is 5.34. The van der Waals surface area contributed by atoms with E-state index in [1.54, 1.807) is 0 Å². The van der Waals surface area contributed by atoms with Crippen molar-refractivity contribution in [2.45, 2.75) is 231 Å². The van der Waals surface area contributed by atoms with Crippen LogP contribution in [0, 0.1) is 0 Å². The number of hydrogen-bond donors (Lipinski definition) is 3. The maximum atomic E-state index is 12.6. The molecule has 0 aliphatic rings. The molecule has 0 radical (unpaired) electrons. The first-order valence-corrected chi connectivity index (χ1v) is 26.2. The number of rotatable bonds is 46. The number of carbonyl (C=O) groups excluding carboxylic acids is 2. The third-order valence-electron chi connectivity index (χ3n) is 10.5. The zero-order valence-electron chi connectivity index (χ0n) is 39.2. The molecule has 0 aromatic rings. The predicted octanol–water partition coefficient (Wildman–Crippen LogP) is 13.7. The van der Waals surface area contributed by atoms with Crippen molar-refractivity contribution in [1.82, 2.24) is 0 Å². The van der Waals surface area contributed by atoms with Gasteiger partial charge in [0, 0.05) is 12.8 Å². The number of allylic oxidation sites excluding steroid dienone is 8. The van der Waals surface area contributed by atoms with E-state index in [2.05, 4.69) is 54.8 Å². The first-order valence-electron chi connectivity index (χ1n) is 24.7. The number of ether oxygens (including phenoxy) is 2. The molecule has 0 bridgehead atoms. The van der Waals surface area contributed by atoms with Gasteiger partial charge in [0.1, 0.15) is 12.6 Å². The third-order valence-corrected chi connectivity index (χ3v) is 11.5. The van der Waals surface area contributed by atoms with Gasteiger partial charge in [-0.05, 0) is 70.6 Å². The summed E-state index contributed by atoms with van der Waals surface area (Å²) in [6, 6.07) is -1.53. The summed E-state index contributed by atoms with van der Waals surface area (Å²) in [6.07, 6.45) is 51.8. The van der Waals surface area contributed by atoms with Crippen LogP contribution in [0.5, 0.6) is 0 Å². The average Bonchev–Trinajstić information content (AvgIpc) is 3.25. The molecule has 4 N–H and O–H groups in total. The normalized spacial score (nSPS) is 14.0. The molecule has 0 rings (SSSR count). The summed E-state index contributed by atoms with van der Waals surface area (Å²) < 4.78 is 32.7. The fourth-order valence-corrected chi connectivity index (χ4v) is 7.44. The van der Waals surface area contributed by atoms with Crippen LogP contribution in [0.2, 0.25) is 0 Å². The molecule has 12 heteroatoms. The molecule has 0 fully saturated rings. The zero-order chi connectivity index (χ0) is 45.6. The van der Waals surface area contributed by atoms with Crippen molar-refractivity contribution in [2.75, 3.05) is 19.8 Å². The van der Waals surface area contributed by atoms with Gasteiger partial charge < -0.3 is 25.2 Å². The van der Waals surface area contributed by atoms with Gasteiger partial charge in [-0.2, -0.15) is 0 Å². The van der Waals surface area contributed by atoms with Crippen LogP contribution in [-0.2, 0) is 37.5 Å². The lowest BCUT2D eigenvalue weighted by atomic mass is 10.0. The fourth-order valence-electron chi connectivity index (χ4n) is 6.66. The molecule has 0 amide bonds. The molecule has 0 saturated heterocycles. The van der Waals surface area contributed by atoms with Crippen molar-refractivity contribution in [3.63, 3.8) is 0 Å². The number of hydrogen-bond acceptors (Lipinski definition) is 9. The van der Waals surface area contributed by atoms with Crippen molar-refractivity contribution in [2.24, 2.45) is 5.73 Å². The van der Waals surface area contributed by atoms with Gasteiger partial charge in [0.2, 0.25) is 0 Å². The van der Waals surface area contributed by atoms with Crippen LogP contribution < -0.4 is 5.73 Å². The maximum Gasteiger partial charge on any atom is 0.472 e. The number of unbranched alkanes of at least 4 members (excludes halogenated alkanes) is 24. The van der Waals surface area contributed by atoms with Crippen molar-refractivity contribution in [3.8, 4) is 0 Å². The predicted molar refractivity (Wildman–Crippen MR) is 254 cm³/mol. The van der Waals surface area contributed by atoms with Crippen LogP contribution in [0.15, 0.2) is 48.6 Å². The molecule has 0 aliphatic carbocycles. The van der Waals surface area contributed by atoms with E-state index in [0.29, 0.717) is 19.3 Å². The van der Waals surface area contributed by atoms with E-state index in [0.717, 1.165) is 38.5 Å². The van der Waals surface area contributed by atoms with E-state index in [9.17, 15) is 23.8 Å². The fraction of sp³-hybridized carbons (Fsp3) is 0.780. The highest BCUT2D eigenvalue weighted by Crippen LogP contribution is 2.43. The highest BCUT2D eigenvalue weighted by Gasteiger charge is 2.28. The Balaban J connectivity index is 4.32. The summed E-state index contributed by atoms with van der Waals surface area (Å²) in [5, 5.41) is 8.91. The largest absolute Gasteiger partial charge is 0.480 e. The minimum atomic E-state index is -4.73. The molecule has 360 valence electrons. The van der Waals surface area contributed by atoms with Crippen LogP contribution in [0.25, 0.3) is 0 Å². The van der Waals surface area contributed by atoms with E-state index in [-0.39, 0.29) is 19.4 Å². The average molecular weight is 896 g/mol. The van der Waals surface area contributed by atoms with Gasteiger partial charge in [-0.15, -0.1) is 0 Å². The summed E-state index contributed by atoms with van der Waals surface area (Å²) in [4.78, 5) is 46.1. The number of carbonyl (C=O) groups is 3. The number of carboxylic acid groups (broad SMARTS) is 1. The van der Waals surface area contributed by atoms with Gasteiger partial charge in [-0.25, -0.2) is 4.57 Å². The molecule has 11 nitrogen and oxygen atoms in total. The minimum absolute atomic E-state index is 0.0893. The molecule has 1 unspecified atom stereocenters. The Hall–Kier alpha value is -2.56. The Kier molecular flexibility index (Phi) is 43.2. The van der Waals surface area contributed by atoms with E-state index in [1.807, 2.05) is 12.2 Å². The van der Waals surface area contributed by atoms with Gasteiger partial charge in [0.25, 0.3) is 0 Å². The summed E-state index contributed by atoms with van der Waals surface area (Å²) in [5.74, 6) is -2.44. The Morgan fingerprint density at radius 2 is 0.871 bits per heavy atom. The quantitative estimate of drug-likeness (QED) is 0.0230. The number of phosphoric acid groups is 1. The number of nitrogens with two attached hydrogens (primary N) is 1. The molecule has 0 heterocycles. The highest BCUT2D eigenvalue weighted by molar-refractivity contribution is 7.47. The smallest absolute Gasteiger partial charge is 0.472 e. The monoisotopic (exact) mass is 896 g/mol. The second-order valence-electron chi connectivity index (χ2n) is 16.6. The minimum Gasteiger partial charge on any atom is -0.480 e. The topological polar surface area (TPSA) is 172 Å². The van der Waals surface area contributed by atoms with Gasteiger partial charge >= 0.3 is 25.7 Å². The van der Waals surface area contributed by atoms with Crippen LogP contribution >= 0.6 is 7.82 Å². The summed E-state index contributed by atoms with van der Waals surface area (Å²) >= 11 is 0. The number of aliphatic carboxylic acids is 1. The molecule has 0 aromatic carbocycles. The molecule has 3 atom stereocenters. The second kappa shape index (κ2) is 45.0. The first-order chi connectivity index (χ1) is 30.1. The molecule has 0 spiro atoms. The van der Waals surface area contributed by atoms with Gasteiger partial charge in [-0.3, -0.25) is 23.4 Å². The van der Waals surface area contributed by atoms with Gasteiger partial charge in [0.15, 0.2) is 6.10 Å². The Morgan fingerprint density at radius 3 is 1.34 bits per heavy atom. The standard InChI is InChI=1S/C50H90NO10P/c1-3-5-7-9-11-13-15-17-19-21-22-23-24-26-27-29-31-33-35-37-39-41-48(52)58-43-46(44-59-62(56,57)60-45-47(51)50(54)55)61-49(53)42-40-38-36-34-32-30-28-25-20-18-16-14-12-10-8-6-4-2/h17-20,28,30,34,36,46-47H,3-16,21-27,29,31-33,35,37-45,51H2,1-2H3,(H,54,55)(H,56,57)/b19-17-,20-18-,30-28-,36-34-/t46-,47+/m1/s1. The van der Waals surface area contributed by atoms with E-state index in [4.69, 9.17) is 24.8 Å². The molecule has 62 heavy (non-hydrogen) atoms. The SMILES string of the molecule is CCCCCCCC/C=C\C/C=C\C/C=C\CCCC(=O)O[C@H](COC(=O)CCCCCCCCCCCCC/C=C\CCCCCCCC)COP(=O)(O)OC[C@H](N)C(=O)O. The lowest BCUT2D eigenvalue weighted by Gasteiger charge is -2.20. The first kappa shape index (κ1) is 59.4. The van der Waals surface area contributed by atoms with Crippen molar-refractivity contribution in [3.05, 3.63) is 48.6 Å². The highest BCUT2D eigenvalue weighted by atomic mass is 31.2. The van der Waals surface area contributed by atoms with Crippen molar-refractivity contribution < 1.29 is 47.5 Å². The van der Waals surface area contributed by atoms with E-state index >= 15 is 0 Å². The third kappa shape index (κ3) is 44.1. The second-order valence-corrected chi connectivity index (χ2v) is 18.0. The van der Waals surface area contributed by atoms with Crippen LogP contribution in [-0.4, -0.2) is 59.9 Å². The van der Waals surface area contributed by atoms with Crippen molar-refractivity contribution in [1.29, 1.82) is 0 Å². The van der Waals surface area contributed by atoms with Gasteiger partial charge in [0.05, 0.1) is 13.2 Å². The Morgan fingerprint density at radius 1 is 0.500 bits per heavy atom. The van der Waals surface area contributed by atoms with Crippen LogP contribution in [0.4, 0.5) is 0 Å². The molecular formula is C50H90NO10P. The number of carboxylic acids is 1. The summed E-state index contributed by atoms with van der Waals surface area (Å²) in [7, 11) is -4.73. The Bertz CT molecular complexity index is 1240. The molecule has 0 saturated carbocycles. The molecular weight excluding hydrogens is 806 g/mol. The van der Waals surface area contributed by atoms with E-state index in [1.165, 1.54) is 135 Å². The summed E-state index contributed by atoms with van der Waals surface area (Å²) in [6.45, 7) is 2.76. The molecule has 0 aliphatic heterocycles. The van der Waals surface area contributed by atoms with E-state index < -0.39 is 51.1 Å².